The second-order valence-corrected chi connectivity index (χ2v) is 4.39. The molecule has 0 saturated heterocycles. The largest absolute Gasteiger partial charge is 1.00 e. The number of carbonyl (C=O) groups is 1. The number of aromatic nitrogens is 1. The van der Waals surface area contributed by atoms with Crippen molar-refractivity contribution in [2.75, 3.05) is 0 Å². The first-order valence-corrected chi connectivity index (χ1v) is 6.02. The summed E-state index contributed by atoms with van der Waals surface area (Å²) in [5.41, 5.74) is 3.39. The van der Waals surface area contributed by atoms with E-state index in [9.17, 15) is 9.90 Å². The topological polar surface area (TPSA) is 53.0 Å². The molecule has 20 heavy (non-hydrogen) atoms. The molecule has 3 nitrogen and oxygen atoms in total. The fourth-order valence-electron chi connectivity index (χ4n) is 1.78. The summed E-state index contributed by atoms with van der Waals surface area (Å²) >= 11 is 0. The Morgan fingerprint density at radius 1 is 1.20 bits per heavy atom. The SMILES string of the molecule is C/C(=C/c1ccc(Cc2cccnc2)cc1)C(=O)[O-].[Na+]. The van der Waals surface area contributed by atoms with Crippen molar-refractivity contribution in [3.05, 3.63) is 71.1 Å². The Balaban J connectivity index is 0.00000200. The van der Waals surface area contributed by atoms with Crippen molar-refractivity contribution in [1.82, 2.24) is 4.98 Å². The number of pyridine rings is 1. The molecule has 0 amide bonds. The molecule has 0 radical (unpaired) electrons. The van der Waals surface area contributed by atoms with E-state index in [1.807, 2.05) is 42.6 Å². The molecule has 1 aromatic heterocycles. The molecule has 2 aromatic rings. The van der Waals surface area contributed by atoms with Crippen LogP contribution in [0, 0.1) is 0 Å². The van der Waals surface area contributed by atoms with E-state index < -0.39 is 5.97 Å². The summed E-state index contributed by atoms with van der Waals surface area (Å²) in [7, 11) is 0. The predicted molar refractivity (Wildman–Crippen MR) is 72.1 cm³/mol. The van der Waals surface area contributed by atoms with Gasteiger partial charge in [-0.1, -0.05) is 36.4 Å². The number of aliphatic carboxylic acids is 1. The molecule has 1 aromatic carbocycles. The van der Waals surface area contributed by atoms with E-state index >= 15 is 0 Å². The van der Waals surface area contributed by atoms with Gasteiger partial charge in [-0.25, -0.2) is 0 Å². The number of hydrogen-bond donors (Lipinski definition) is 0. The maximum absolute atomic E-state index is 10.6. The number of carboxylic acids is 1. The van der Waals surface area contributed by atoms with Crippen LogP contribution in [0.1, 0.15) is 23.6 Å². The zero-order valence-electron chi connectivity index (χ0n) is 11.7. The molecular weight excluding hydrogens is 261 g/mol. The zero-order chi connectivity index (χ0) is 13.7. The summed E-state index contributed by atoms with van der Waals surface area (Å²) < 4.78 is 0. The molecule has 0 N–H and O–H groups in total. The summed E-state index contributed by atoms with van der Waals surface area (Å²) in [5, 5.41) is 10.6. The van der Waals surface area contributed by atoms with Crippen LogP contribution in [0.25, 0.3) is 6.08 Å². The first kappa shape index (κ1) is 16.6. The van der Waals surface area contributed by atoms with Gasteiger partial charge in [-0.05, 0) is 41.7 Å². The van der Waals surface area contributed by atoms with Crippen molar-refractivity contribution in [2.45, 2.75) is 13.3 Å². The molecule has 1 heterocycles. The maximum atomic E-state index is 10.6. The minimum Gasteiger partial charge on any atom is -0.545 e. The van der Waals surface area contributed by atoms with E-state index in [0.717, 1.165) is 23.1 Å². The average molecular weight is 275 g/mol. The van der Waals surface area contributed by atoms with E-state index in [2.05, 4.69) is 4.98 Å². The van der Waals surface area contributed by atoms with Gasteiger partial charge in [-0.2, -0.15) is 0 Å². The van der Waals surface area contributed by atoms with Crippen LogP contribution in [0.5, 0.6) is 0 Å². The Hall–Kier alpha value is -1.42. The molecule has 0 aliphatic carbocycles. The van der Waals surface area contributed by atoms with Gasteiger partial charge in [0.25, 0.3) is 0 Å². The minimum absolute atomic E-state index is 0. The van der Waals surface area contributed by atoms with Crippen LogP contribution in [0.15, 0.2) is 54.4 Å². The normalized spacial score (nSPS) is 10.8. The summed E-state index contributed by atoms with van der Waals surface area (Å²) in [5.74, 6) is -1.14. The average Bonchev–Trinajstić information content (AvgIpc) is 2.42. The molecule has 0 atom stereocenters. The van der Waals surface area contributed by atoms with Gasteiger partial charge in [0.2, 0.25) is 0 Å². The van der Waals surface area contributed by atoms with Gasteiger partial charge in [-0.3, -0.25) is 4.98 Å². The number of carboxylic acid groups (broad SMARTS) is 1. The number of rotatable bonds is 4. The van der Waals surface area contributed by atoms with Crippen LogP contribution in [-0.4, -0.2) is 11.0 Å². The predicted octanol–water partition coefficient (Wildman–Crippen LogP) is -1.17. The van der Waals surface area contributed by atoms with Gasteiger partial charge >= 0.3 is 29.6 Å². The Kier molecular flexibility index (Phi) is 6.65. The van der Waals surface area contributed by atoms with Crippen molar-refractivity contribution in [3.63, 3.8) is 0 Å². The minimum atomic E-state index is -1.14. The van der Waals surface area contributed by atoms with Crippen molar-refractivity contribution in [3.8, 4) is 0 Å². The Morgan fingerprint density at radius 3 is 2.45 bits per heavy atom. The molecular formula is C16H14NNaO2. The van der Waals surface area contributed by atoms with E-state index in [-0.39, 0.29) is 35.1 Å². The molecule has 4 heteroatoms. The van der Waals surface area contributed by atoms with Gasteiger partial charge in [-0.15, -0.1) is 0 Å². The van der Waals surface area contributed by atoms with Gasteiger partial charge < -0.3 is 9.90 Å². The van der Waals surface area contributed by atoms with Crippen LogP contribution in [0.3, 0.4) is 0 Å². The molecule has 0 saturated carbocycles. The monoisotopic (exact) mass is 275 g/mol. The molecule has 0 aliphatic rings. The van der Waals surface area contributed by atoms with Crippen LogP contribution in [0.2, 0.25) is 0 Å². The third kappa shape index (κ3) is 4.93. The van der Waals surface area contributed by atoms with E-state index in [1.54, 1.807) is 12.3 Å². The Morgan fingerprint density at radius 2 is 1.90 bits per heavy atom. The first-order chi connectivity index (χ1) is 9.15. The van der Waals surface area contributed by atoms with Gasteiger partial charge in [0.05, 0.1) is 5.97 Å². The number of hydrogen-bond acceptors (Lipinski definition) is 3. The van der Waals surface area contributed by atoms with Crippen LogP contribution < -0.4 is 34.7 Å². The van der Waals surface area contributed by atoms with Crippen molar-refractivity contribution in [2.24, 2.45) is 0 Å². The van der Waals surface area contributed by atoms with Crippen molar-refractivity contribution >= 4 is 12.0 Å². The fourth-order valence-corrected chi connectivity index (χ4v) is 1.78. The summed E-state index contributed by atoms with van der Waals surface area (Å²) in [6.07, 6.45) is 6.01. The number of benzene rings is 1. The summed E-state index contributed by atoms with van der Waals surface area (Å²) in [6, 6.07) is 11.7. The Bertz CT molecular complexity index is 592. The van der Waals surface area contributed by atoms with Crippen molar-refractivity contribution in [1.29, 1.82) is 0 Å². The van der Waals surface area contributed by atoms with Crippen molar-refractivity contribution < 1.29 is 39.5 Å². The van der Waals surface area contributed by atoms with E-state index in [0.29, 0.717) is 0 Å². The number of nitrogens with zero attached hydrogens (tertiary/aromatic N) is 1. The van der Waals surface area contributed by atoms with Gasteiger partial charge in [0.1, 0.15) is 0 Å². The standard InChI is InChI=1S/C16H15NO2.Na/c1-12(16(18)19)9-13-4-6-14(7-5-13)10-15-3-2-8-17-11-15;/h2-9,11H,10H2,1H3,(H,18,19);/q;+1/p-1/b12-9-;. The molecule has 2 rings (SSSR count). The van der Waals surface area contributed by atoms with E-state index in [1.165, 1.54) is 6.92 Å². The zero-order valence-corrected chi connectivity index (χ0v) is 13.7. The van der Waals surface area contributed by atoms with E-state index in [4.69, 9.17) is 0 Å². The molecule has 0 unspecified atom stereocenters. The van der Waals surface area contributed by atoms with Crippen LogP contribution >= 0.6 is 0 Å². The van der Waals surface area contributed by atoms with Gasteiger partial charge in [0, 0.05) is 12.4 Å². The molecule has 0 spiro atoms. The Labute approximate surface area is 140 Å². The second-order valence-electron chi connectivity index (χ2n) is 4.39. The molecule has 96 valence electrons. The quantitative estimate of drug-likeness (QED) is 0.522. The second kappa shape index (κ2) is 8.00. The number of carbonyl (C=O) groups excluding carboxylic acids is 1. The fraction of sp³-hybridized carbons (Fsp3) is 0.125. The van der Waals surface area contributed by atoms with Crippen LogP contribution in [-0.2, 0) is 11.2 Å². The maximum Gasteiger partial charge on any atom is 1.00 e. The molecule has 0 bridgehead atoms. The molecule has 0 aliphatic heterocycles. The summed E-state index contributed by atoms with van der Waals surface area (Å²) in [6.45, 7) is 1.53. The van der Waals surface area contributed by atoms with Gasteiger partial charge in [0.15, 0.2) is 0 Å². The van der Waals surface area contributed by atoms with Crippen LogP contribution in [0.4, 0.5) is 0 Å². The third-order valence-electron chi connectivity index (χ3n) is 2.82. The first-order valence-electron chi connectivity index (χ1n) is 6.02. The smallest absolute Gasteiger partial charge is 0.545 e. The summed E-state index contributed by atoms with van der Waals surface area (Å²) in [4.78, 5) is 14.7. The molecule has 0 fully saturated rings. The third-order valence-corrected chi connectivity index (χ3v) is 2.82.